The van der Waals surface area contributed by atoms with Crippen LogP contribution < -0.4 is 0 Å². The SMILES string of the molecule is CC1(C)c2ccc3c4ccccc4c4ccccc4c3c2-c2c1ccc1c2c2ccncc2n1-c1ccc2sc3ccccc3c2c1. The number of hydrogen-bond donors (Lipinski definition) is 0. The van der Waals surface area contributed by atoms with Crippen molar-refractivity contribution >= 4 is 85.6 Å². The van der Waals surface area contributed by atoms with E-state index < -0.39 is 0 Å². The molecule has 0 saturated carbocycles. The summed E-state index contributed by atoms with van der Waals surface area (Å²) in [5.74, 6) is 0. The first-order chi connectivity index (χ1) is 23.1. The van der Waals surface area contributed by atoms with Gasteiger partial charge in [-0.05, 0) is 91.0 Å². The van der Waals surface area contributed by atoms with Crippen LogP contribution >= 0.6 is 11.3 Å². The molecule has 0 spiro atoms. The smallest absolute Gasteiger partial charge is 0.0724 e. The van der Waals surface area contributed by atoms with E-state index in [4.69, 9.17) is 0 Å². The van der Waals surface area contributed by atoms with Crippen LogP contribution in [0, 0.1) is 0 Å². The van der Waals surface area contributed by atoms with Gasteiger partial charge in [0.15, 0.2) is 0 Å². The van der Waals surface area contributed by atoms with Crippen LogP contribution in [0.15, 0.2) is 134 Å². The Hall–Kier alpha value is -5.51. The fraction of sp³-hybridized carbons (Fsp3) is 0.0682. The number of nitrogens with zero attached hydrogens (tertiary/aromatic N) is 2. The van der Waals surface area contributed by atoms with Crippen LogP contribution in [0.4, 0.5) is 0 Å². The zero-order chi connectivity index (χ0) is 31.0. The zero-order valence-electron chi connectivity index (χ0n) is 26.0. The van der Waals surface area contributed by atoms with Gasteiger partial charge in [0.25, 0.3) is 0 Å². The first kappa shape index (κ1) is 25.7. The molecule has 0 N–H and O–H groups in total. The van der Waals surface area contributed by atoms with Gasteiger partial charge in [-0.15, -0.1) is 11.3 Å². The lowest BCUT2D eigenvalue weighted by Gasteiger charge is -2.22. The third-order valence-electron chi connectivity index (χ3n) is 10.9. The Morgan fingerprint density at radius 2 is 1.13 bits per heavy atom. The summed E-state index contributed by atoms with van der Waals surface area (Å²) < 4.78 is 5.08. The summed E-state index contributed by atoms with van der Waals surface area (Å²) >= 11 is 1.86. The third-order valence-corrected chi connectivity index (χ3v) is 12.0. The van der Waals surface area contributed by atoms with Gasteiger partial charge < -0.3 is 4.57 Å². The predicted octanol–water partition coefficient (Wildman–Crippen LogP) is 12.3. The Balaban J connectivity index is 1.32. The molecule has 0 aliphatic heterocycles. The van der Waals surface area contributed by atoms with Crippen LogP contribution in [0.5, 0.6) is 0 Å². The molecule has 0 bridgehead atoms. The van der Waals surface area contributed by atoms with Crippen molar-refractivity contribution in [3.8, 4) is 16.8 Å². The fourth-order valence-corrected chi connectivity index (χ4v) is 9.88. The van der Waals surface area contributed by atoms with E-state index in [0.717, 1.165) is 5.52 Å². The molecule has 220 valence electrons. The summed E-state index contributed by atoms with van der Waals surface area (Å²) in [5.41, 5.74) is 8.91. The van der Waals surface area contributed by atoms with Gasteiger partial charge in [-0.3, -0.25) is 4.98 Å². The molecule has 0 saturated heterocycles. The highest BCUT2D eigenvalue weighted by Crippen LogP contribution is 2.57. The fourth-order valence-electron chi connectivity index (χ4n) is 8.79. The number of pyridine rings is 1. The summed E-state index contributed by atoms with van der Waals surface area (Å²) in [5, 5.41) is 13.1. The molecule has 0 amide bonds. The van der Waals surface area contributed by atoms with Crippen LogP contribution in [0.3, 0.4) is 0 Å². The molecule has 0 radical (unpaired) electrons. The lowest BCUT2D eigenvalue weighted by molar-refractivity contribution is 0.661. The van der Waals surface area contributed by atoms with Crippen LogP contribution in [-0.2, 0) is 5.41 Å². The highest BCUT2D eigenvalue weighted by atomic mass is 32.1. The second-order valence-electron chi connectivity index (χ2n) is 13.5. The van der Waals surface area contributed by atoms with Crippen LogP contribution in [0.25, 0.3) is 91.1 Å². The Labute approximate surface area is 275 Å². The van der Waals surface area contributed by atoms with Crippen molar-refractivity contribution in [2.24, 2.45) is 0 Å². The number of fused-ring (bicyclic) bond motifs is 17. The molecule has 3 heteroatoms. The molecule has 11 rings (SSSR count). The molecule has 0 atom stereocenters. The van der Waals surface area contributed by atoms with E-state index in [1.54, 1.807) is 0 Å². The van der Waals surface area contributed by atoms with Crippen molar-refractivity contribution in [1.82, 2.24) is 9.55 Å². The van der Waals surface area contributed by atoms with E-state index in [9.17, 15) is 0 Å². The monoisotopic (exact) mass is 616 g/mol. The van der Waals surface area contributed by atoms with Crippen molar-refractivity contribution in [2.75, 3.05) is 0 Å². The van der Waals surface area contributed by atoms with Gasteiger partial charge in [0.2, 0.25) is 0 Å². The molecule has 1 aliphatic rings. The Morgan fingerprint density at radius 1 is 0.511 bits per heavy atom. The minimum Gasteiger partial charge on any atom is -0.308 e. The summed E-state index contributed by atoms with van der Waals surface area (Å²) in [7, 11) is 0. The van der Waals surface area contributed by atoms with E-state index in [1.165, 1.54) is 96.7 Å². The molecule has 3 heterocycles. The van der Waals surface area contributed by atoms with E-state index in [1.807, 2.05) is 23.7 Å². The first-order valence-corrected chi connectivity index (χ1v) is 17.1. The molecule has 47 heavy (non-hydrogen) atoms. The standard InChI is InChI=1S/C44H28N2S/c1-44(2)34-17-16-31-28-11-4-3-9-26(28)27-10-5-6-13-30(27)40(31)42(34)43-35(44)18-19-36-41(43)32-21-22-45-24-37(32)46(36)25-15-20-39-33(23-25)29-12-7-8-14-38(29)47-39/h3-24H,1-2H3. The van der Waals surface area contributed by atoms with Crippen molar-refractivity contribution in [2.45, 2.75) is 19.3 Å². The predicted molar refractivity (Wildman–Crippen MR) is 202 cm³/mol. The van der Waals surface area contributed by atoms with Crippen LogP contribution in [-0.4, -0.2) is 9.55 Å². The number of hydrogen-bond acceptors (Lipinski definition) is 2. The van der Waals surface area contributed by atoms with Gasteiger partial charge >= 0.3 is 0 Å². The van der Waals surface area contributed by atoms with Gasteiger partial charge in [0.1, 0.15) is 0 Å². The van der Waals surface area contributed by atoms with Gasteiger partial charge in [-0.25, -0.2) is 0 Å². The summed E-state index contributed by atoms with van der Waals surface area (Å²) in [6.07, 6.45) is 4.00. The molecule has 1 aliphatic carbocycles. The number of thiophene rings is 1. The second kappa shape index (κ2) is 8.85. The maximum atomic E-state index is 4.67. The number of benzene rings is 7. The van der Waals surface area contributed by atoms with Gasteiger partial charge in [-0.2, -0.15) is 0 Å². The normalized spacial score (nSPS) is 13.9. The lowest BCUT2D eigenvalue weighted by Crippen LogP contribution is -2.14. The average molecular weight is 617 g/mol. The minimum atomic E-state index is -0.143. The quantitative estimate of drug-likeness (QED) is 0.168. The van der Waals surface area contributed by atoms with Crippen molar-refractivity contribution in [3.63, 3.8) is 0 Å². The van der Waals surface area contributed by atoms with Gasteiger partial charge in [0, 0.05) is 48.2 Å². The molecule has 0 fully saturated rings. The molecule has 7 aromatic carbocycles. The van der Waals surface area contributed by atoms with E-state index >= 15 is 0 Å². The molecule has 0 unspecified atom stereocenters. The molecular weight excluding hydrogens is 589 g/mol. The molecule has 2 nitrogen and oxygen atoms in total. The first-order valence-electron chi connectivity index (χ1n) is 16.3. The summed E-state index contributed by atoms with van der Waals surface area (Å²) in [6.45, 7) is 4.80. The van der Waals surface area contributed by atoms with Gasteiger partial charge in [0.05, 0.1) is 17.2 Å². The van der Waals surface area contributed by atoms with E-state index in [2.05, 4.69) is 145 Å². The van der Waals surface area contributed by atoms with Crippen molar-refractivity contribution in [3.05, 3.63) is 145 Å². The topological polar surface area (TPSA) is 17.8 Å². The van der Waals surface area contributed by atoms with Crippen molar-refractivity contribution in [1.29, 1.82) is 0 Å². The molecule has 10 aromatic rings. The summed E-state index contributed by atoms with van der Waals surface area (Å²) in [6, 6.07) is 45.3. The Kier molecular flexibility index (Phi) is 4.83. The summed E-state index contributed by atoms with van der Waals surface area (Å²) in [4.78, 5) is 4.67. The second-order valence-corrected chi connectivity index (χ2v) is 14.6. The maximum Gasteiger partial charge on any atom is 0.0724 e. The van der Waals surface area contributed by atoms with E-state index in [0.29, 0.717) is 0 Å². The van der Waals surface area contributed by atoms with Crippen LogP contribution in [0.2, 0.25) is 0 Å². The van der Waals surface area contributed by atoms with E-state index in [-0.39, 0.29) is 5.41 Å². The third kappa shape index (κ3) is 3.17. The highest BCUT2D eigenvalue weighted by molar-refractivity contribution is 7.25. The Bertz CT molecular complexity index is 2960. The Morgan fingerprint density at radius 3 is 1.91 bits per heavy atom. The van der Waals surface area contributed by atoms with Crippen LogP contribution in [0.1, 0.15) is 25.0 Å². The molecular formula is C44H28N2S. The largest absolute Gasteiger partial charge is 0.308 e. The number of aromatic nitrogens is 2. The highest BCUT2D eigenvalue weighted by Gasteiger charge is 2.39. The number of rotatable bonds is 1. The van der Waals surface area contributed by atoms with Crippen molar-refractivity contribution < 1.29 is 0 Å². The molecule has 3 aromatic heterocycles. The van der Waals surface area contributed by atoms with Gasteiger partial charge in [-0.1, -0.05) is 98.8 Å². The lowest BCUT2D eigenvalue weighted by atomic mass is 9.81. The maximum absolute atomic E-state index is 4.67. The average Bonchev–Trinajstić information content (AvgIpc) is 3.73. The minimum absolute atomic E-state index is 0.143. The zero-order valence-corrected chi connectivity index (χ0v) is 26.8.